The zero-order valence-corrected chi connectivity index (χ0v) is 25.0. The largest absolute Gasteiger partial charge is 0.311 e. The SMILES string of the molecule is [Cl][Cu][Cl].c1csc(CNCCNCc2cccs2)c1.c1csc(CNCCNCc2cccs2)c1. The van der Waals surface area contributed by atoms with Crippen molar-refractivity contribution in [3.05, 3.63) is 89.6 Å². The summed E-state index contributed by atoms with van der Waals surface area (Å²) in [5.74, 6) is 0. The van der Waals surface area contributed by atoms with Gasteiger partial charge in [0.05, 0.1) is 0 Å². The quantitative estimate of drug-likeness (QED) is 0.0911. The zero-order chi connectivity index (χ0) is 24.8. The van der Waals surface area contributed by atoms with Gasteiger partial charge in [-0.3, -0.25) is 0 Å². The van der Waals surface area contributed by atoms with Gasteiger partial charge in [-0.05, 0) is 45.8 Å². The Labute approximate surface area is 240 Å². The topological polar surface area (TPSA) is 48.1 Å². The standard InChI is InChI=1S/2C12H16N2S2.2ClH.Cu/c2*1-3-11(15-7-1)9-13-5-6-14-10-12-4-2-8-16-12;;;/h2*1-4,7-8,13-14H,5-6,9-10H2;2*1H;/q;;;;+2/p-2. The van der Waals surface area contributed by atoms with Gasteiger partial charge in [0.1, 0.15) is 0 Å². The van der Waals surface area contributed by atoms with Crippen LogP contribution in [0.25, 0.3) is 0 Å². The molecule has 4 N–H and O–H groups in total. The molecular weight excluding hydrogens is 607 g/mol. The molecule has 0 unspecified atom stereocenters. The fourth-order valence-corrected chi connectivity index (χ4v) is 5.55. The Morgan fingerprint density at radius 3 is 0.886 bits per heavy atom. The number of rotatable bonds is 14. The predicted octanol–water partition coefficient (Wildman–Crippen LogP) is 6.75. The van der Waals surface area contributed by atoms with Crippen molar-refractivity contribution in [3.63, 3.8) is 0 Å². The van der Waals surface area contributed by atoms with Gasteiger partial charge >= 0.3 is 33.3 Å². The molecule has 4 rings (SSSR count). The van der Waals surface area contributed by atoms with Gasteiger partial charge in [0, 0.05) is 71.9 Å². The maximum Gasteiger partial charge on any atom is 0.0300 e. The van der Waals surface area contributed by atoms with Crippen LogP contribution in [-0.4, -0.2) is 26.2 Å². The first kappa shape index (κ1) is 31.0. The molecule has 4 aromatic rings. The summed E-state index contributed by atoms with van der Waals surface area (Å²) in [7, 11) is 9.34. The second-order valence-corrected chi connectivity index (χ2v) is 12.8. The minimum Gasteiger partial charge on any atom is -0.311 e. The molecule has 4 heterocycles. The van der Waals surface area contributed by atoms with Gasteiger partial charge in [-0.1, -0.05) is 24.3 Å². The molecule has 197 valence electrons. The van der Waals surface area contributed by atoms with E-state index in [-0.39, 0.29) is 0 Å². The second kappa shape index (κ2) is 21.8. The maximum absolute atomic E-state index is 4.67. The van der Waals surface area contributed by atoms with Crippen LogP contribution in [0, 0.1) is 0 Å². The second-order valence-electron chi connectivity index (χ2n) is 7.07. The summed E-state index contributed by atoms with van der Waals surface area (Å²) in [6.07, 6.45) is 0. The van der Waals surface area contributed by atoms with Crippen LogP contribution in [0.2, 0.25) is 0 Å². The van der Waals surface area contributed by atoms with Crippen molar-refractivity contribution in [2.24, 2.45) is 0 Å². The van der Waals surface area contributed by atoms with E-state index < -0.39 is 0 Å². The Morgan fingerprint density at radius 2 is 0.714 bits per heavy atom. The van der Waals surface area contributed by atoms with Crippen LogP contribution in [0.1, 0.15) is 19.5 Å². The Kier molecular flexibility index (Phi) is 19.3. The van der Waals surface area contributed by atoms with Crippen molar-refractivity contribution in [1.29, 1.82) is 0 Å². The summed E-state index contributed by atoms with van der Waals surface area (Å²) in [5.41, 5.74) is 0. The van der Waals surface area contributed by atoms with Crippen molar-refractivity contribution in [3.8, 4) is 0 Å². The van der Waals surface area contributed by atoms with Gasteiger partial charge in [-0.15, -0.1) is 45.3 Å². The van der Waals surface area contributed by atoms with Crippen LogP contribution in [0.3, 0.4) is 0 Å². The smallest absolute Gasteiger partial charge is 0.0300 e. The number of hydrogen-bond donors (Lipinski definition) is 4. The van der Waals surface area contributed by atoms with E-state index in [1.165, 1.54) is 19.5 Å². The molecular formula is C24H32Cl2CuN4S4. The Morgan fingerprint density at radius 1 is 0.486 bits per heavy atom. The molecule has 0 fully saturated rings. The summed E-state index contributed by atoms with van der Waals surface area (Å²) in [6.45, 7) is 8.01. The molecule has 0 spiro atoms. The monoisotopic (exact) mass is 637 g/mol. The Bertz CT molecular complexity index is 768. The van der Waals surface area contributed by atoms with Gasteiger partial charge < -0.3 is 21.3 Å². The van der Waals surface area contributed by atoms with Crippen LogP contribution in [0.5, 0.6) is 0 Å². The van der Waals surface area contributed by atoms with E-state index in [9.17, 15) is 0 Å². The fourth-order valence-electron chi connectivity index (χ4n) is 2.85. The molecule has 0 aliphatic heterocycles. The van der Waals surface area contributed by atoms with Crippen molar-refractivity contribution in [2.75, 3.05) is 26.2 Å². The van der Waals surface area contributed by atoms with Gasteiger partial charge in [0.25, 0.3) is 0 Å². The van der Waals surface area contributed by atoms with Crippen molar-refractivity contribution in [2.45, 2.75) is 26.2 Å². The molecule has 35 heavy (non-hydrogen) atoms. The van der Waals surface area contributed by atoms with Gasteiger partial charge in [-0.2, -0.15) is 0 Å². The Hall–Kier alpha value is -0.261. The van der Waals surface area contributed by atoms with E-state index in [1.54, 1.807) is 45.3 Å². The molecule has 0 atom stereocenters. The van der Waals surface area contributed by atoms with Gasteiger partial charge in [0.2, 0.25) is 0 Å². The van der Waals surface area contributed by atoms with Crippen molar-refractivity contribution >= 4 is 65.5 Å². The molecule has 0 radical (unpaired) electrons. The van der Waals surface area contributed by atoms with Crippen LogP contribution in [-0.2, 0) is 39.3 Å². The van der Waals surface area contributed by atoms with Crippen LogP contribution in [0.4, 0.5) is 0 Å². The molecule has 0 aromatic carbocycles. The van der Waals surface area contributed by atoms with E-state index in [2.05, 4.69) is 112 Å². The average Bonchev–Trinajstić information content (AvgIpc) is 3.69. The molecule has 0 bridgehead atoms. The van der Waals surface area contributed by atoms with E-state index in [4.69, 9.17) is 0 Å². The van der Waals surface area contributed by atoms with Crippen LogP contribution >= 0.6 is 65.5 Å². The Balaban J connectivity index is 0.000000222. The average molecular weight is 639 g/mol. The normalized spacial score (nSPS) is 10.5. The van der Waals surface area contributed by atoms with E-state index in [1.807, 2.05) is 0 Å². The molecule has 0 aliphatic carbocycles. The first-order valence-electron chi connectivity index (χ1n) is 11.1. The number of hydrogen-bond acceptors (Lipinski definition) is 8. The third kappa shape index (κ3) is 16.2. The molecule has 0 saturated heterocycles. The first-order valence-corrected chi connectivity index (χ1v) is 17.2. The summed E-state index contributed by atoms with van der Waals surface area (Å²) in [6, 6.07) is 17.0. The minimum absolute atomic E-state index is 0.757. The summed E-state index contributed by atoms with van der Waals surface area (Å²) in [4.78, 5) is 5.60. The molecule has 4 aromatic heterocycles. The minimum atomic E-state index is 0.757. The zero-order valence-electron chi connectivity index (χ0n) is 19.3. The van der Waals surface area contributed by atoms with Crippen molar-refractivity contribution < 1.29 is 13.1 Å². The third-order valence-corrected chi connectivity index (χ3v) is 7.98. The summed E-state index contributed by atoms with van der Waals surface area (Å²) >= 11 is 7.97. The molecule has 0 aliphatic rings. The van der Waals surface area contributed by atoms with Gasteiger partial charge in [-0.25, -0.2) is 0 Å². The summed E-state index contributed by atoms with van der Waals surface area (Å²) in [5, 5.41) is 22.1. The number of nitrogens with one attached hydrogen (secondary N) is 4. The molecule has 0 amide bonds. The van der Waals surface area contributed by atoms with Gasteiger partial charge in [0.15, 0.2) is 0 Å². The van der Waals surface area contributed by atoms with Crippen molar-refractivity contribution in [1.82, 2.24) is 21.3 Å². The summed E-state index contributed by atoms with van der Waals surface area (Å²) < 4.78 is 0. The first-order chi connectivity index (χ1) is 17.3. The molecule has 11 heteroatoms. The predicted molar refractivity (Wildman–Crippen MR) is 156 cm³/mol. The number of halogens is 2. The van der Waals surface area contributed by atoms with E-state index >= 15 is 0 Å². The van der Waals surface area contributed by atoms with Crippen LogP contribution in [0.15, 0.2) is 70.1 Å². The van der Waals surface area contributed by atoms with E-state index in [0.717, 1.165) is 65.5 Å². The molecule has 4 nitrogen and oxygen atoms in total. The van der Waals surface area contributed by atoms with Crippen LogP contribution < -0.4 is 21.3 Å². The maximum atomic E-state index is 4.67. The fraction of sp³-hybridized carbons (Fsp3) is 0.333. The third-order valence-electron chi connectivity index (χ3n) is 4.47. The molecule has 0 saturated carbocycles. The van der Waals surface area contributed by atoms with E-state index in [0.29, 0.717) is 0 Å². The number of thiophene rings is 4.